The third-order valence-corrected chi connectivity index (χ3v) is 4.44. The number of aliphatic hydroxyl groups excluding tert-OH is 2. The van der Waals surface area contributed by atoms with Gasteiger partial charge in [-0.05, 0) is 12.8 Å². The van der Waals surface area contributed by atoms with Crippen LogP contribution in [0.25, 0.3) is 11.2 Å². The third-order valence-electron chi connectivity index (χ3n) is 4.44. The van der Waals surface area contributed by atoms with Crippen LogP contribution in [-0.2, 0) is 4.79 Å². The minimum absolute atomic E-state index is 0.221. The lowest BCUT2D eigenvalue weighted by Crippen LogP contribution is -2.54. The number of fused-ring (bicyclic) bond motifs is 1. The molecule has 0 radical (unpaired) electrons. The van der Waals surface area contributed by atoms with Crippen LogP contribution in [0.5, 0.6) is 0 Å². The molecule has 3 N–H and O–H groups in total. The van der Waals surface area contributed by atoms with Crippen molar-refractivity contribution in [1.29, 1.82) is 0 Å². The average Bonchev–Trinajstić information content (AvgIpc) is 2.95. The molecule has 1 aliphatic rings. The van der Waals surface area contributed by atoms with E-state index >= 15 is 0 Å². The maximum absolute atomic E-state index is 11.2. The van der Waals surface area contributed by atoms with Gasteiger partial charge in [0.25, 0.3) is 0 Å². The van der Waals surface area contributed by atoms with E-state index in [2.05, 4.69) is 20.3 Å². The standard InChI is InChI=1S/C15H22N6O3/c1-8(22)19-9-4-5-10(13(24)12(9)23)21-7-18-11-14(20(2)3)16-6-17-15(11)21/h6-7,9-10,12-13,23-24H,4-5H2,1-3H3,(H,19,22)/t9-,10-,12+,13+/m1/s1. The van der Waals surface area contributed by atoms with E-state index in [0.717, 1.165) is 0 Å². The van der Waals surface area contributed by atoms with E-state index in [1.807, 2.05) is 19.0 Å². The van der Waals surface area contributed by atoms with Gasteiger partial charge in [-0.25, -0.2) is 15.0 Å². The van der Waals surface area contributed by atoms with Crippen molar-refractivity contribution in [2.75, 3.05) is 19.0 Å². The van der Waals surface area contributed by atoms with Crippen molar-refractivity contribution in [3.63, 3.8) is 0 Å². The molecule has 1 amide bonds. The van der Waals surface area contributed by atoms with E-state index in [1.165, 1.54) is 13.3 Å². The van der Waals surface area contributed by atoms with Crippen LogP contribution < -0.4 is 10.2 Å². The van der Waals surface area contributed by atoms with E-state index in [-0.39, 0.29) is 11.9 Å². The van der Waals surface area contributed by atoms with Crippen molar-refractivity contribution in [2.24, 2.45) is 0 Å². The Morgan fingerprint density at radius 1 is 1.25 bits per heavy atom. The molecule has 2 aromatic heterocycles. The minimum atomic E-state index is -1.04. The number of nitrogens with zero attached hydrogens (tertiary/aromatic N) is 5. The Bertz CT molecular complexity index is 746. The van der Waals surface area contributed by atoms with Crippen LogP contribution >= 0.6 is 0 Å². The zero-order valence-corrected chi connectivity index (χ0v) is 13.9. The van der Waals surface area contributed by atoms with Gasteiger partial charge in [0, 0.05) is 21.0 Å². The summed E-state index contributed by atoms with van der Waals surface area (Å²) in [4.78, 5) is 25.9. The molecular weight excluding hydrogens is 312 g/mol. The monoisotopic (exact) mass is 334 g/mol. The molecule has 9 nitrogen and oxygen atoms in total. The molecule has 4 atom stereocenters. The molecule has 24 heavy (non-hydrogen) atoms. The lowest BCUT2D eigenvalue weighted by atomic mass is 9.86. The maximum Gasteiger partial charge on any atom is 0.217 e. The van der Waals surface area contributed by atoms with Gasteiger partial charge in [-0.1, -0.05) is 0 Å². The summed E-state index contributed by atoms with van der Waals surface area (Å²) in [5.74, 6) is 0.474. The molecule has 0 spiro atoms. The Morgan fingerprint density at radius 3 is 2.67 bits per heavy atom. The Kier molecular flexibility index (Phi) is 4.37. The van der Waals surface area contributed by atoms with Crippen molar-refractivity contribution < 1.29 is 15.0 Å². The Labute approximate surface area is 139 Å². The fraction of sp³-hybridized carbons (Fsp3) is 0.600. The molecular formula is C15H22N6O3. The number of nitrogens with one attached hydrogen (secondary N) is 1. The van der Waals surface area contributed by atoms with Gasteiger partial charge in [0.2, 0.25) is 5.91 Å². The number of hydrogen-bond acceptors (Lipinski definition) is 7. The fourth-order valence-corrected chi connectivity index (χ4v) is 3.29. The number of hydrogen-bond donors (Lipinski definition) is 3. The number of aliphatic hydroxyl groups is 2. The maximum atomic E-state index is 11.2. The van der Waals surface area contributed by atoms with Crippen LogP contribution in [0.2, 0.25) is 0 Å². The van der Waals surface area contributed by atoms with Gasteiger partial charge in [0.05, 0.1) is 18.4 Å². The lowest BCUT2D eigenvalue weighted by Gasteiger charge is -2.38. The number of amides is 1. The summed E-state index contributed by atoms with van der Waals surface area (Å²) in [5.41, 5.74) is 1.26. The number of carbonyl (C=O) groups excluding carboxylic acids is 1. The van der Waals surface area contributed by atoms with E-state index in [4.69, 9.17) is 0 Å². The van der Waals surface area contributed by atoms with Gasteiger partial charge < -0.3 is 25.0 Å². The highest BCUT2D eigenvalue weighted by atomic mass is 16.3. The third kappa shape index (κ3) is 2.80. The van der Waals surface area contributed by atoms with Crippen molar-refractivity contribution in [1.82, 2.24) is 24.8 Å². The molecule has 1 saturated carbocycles. The number of anilines is 1. The summed E-state index contributed by atoms with van der Waals surface area (Å²) >= 11 is 0. The second kappa shape index (κ2) is 6.33. The van der Waals surface area contributed by atoms with Gasteiger partial charge >= 0.3 is 0 Å². The van der Waals surface area contributed by atoms with Gasteiger partial charge in [-0.3, -0.25) is 4.79 Å². The predicted octanol–water partition coefficient (Wildman–Crippen LogP) is -0.546. The summed E-state index contributed by atoms with van der Waals surface area (Å²) < 4.78 is 1.78. The topological polar surface area (TPSA) is 116 Å². The van der Waals surface area contributed by atoms with E-state index in [0.29, 0.717) is 29.8 Å². The Morgan fingerprint density at radius 2 is 2.00 bits per heavy atom. The summed E-state index contributed by atoms with van der Waals surface area (Å²) in [5, 5.41) is 23.5. The molecule has 0 bridgehead atoms. The van der Waals surface area contributed by atoms with Gasteiger partial charge in [0.1, 0.15) is 18.5 Å². The molecule has 2 heterocycles. The van der Waals surface area contributed by atoms with Crippen molar-refractivity contribution in [3.05, 3.63) is 12.7 Å². The van der Waals surface area contributed by atoms with Crippen molar-refractivity contribution in [2.45, 2.75) is 44.1 Å². The highest BCUT2D eigenvalue weighted by Crippen LogP contribution is 2.32. The fourth-order valence-electron chi connectivity index (χ4n) is 3.29. The van der Waals surface area contributed by atoms with E-state index in [9.17, 15) is 15.0 Å². The van der Waals surface area contributed by atoms with Gasteiger partial charge in [-0.2, -0.15) is 0 Å². The first-order chi connectivity index (χ1) is 11.4. The zero-order chi connectivity index (χ0) is 17.4. The molecule has 1 fully saturated rings. The van der Waals surface area contributed by atoms with Crippen LogP contribution in [0.4, 0.5) is 5.82 Å². The summed E-state index contributed by atoms with van der Waals surface area (Å²) in [6, 6.07) is -0.810. The average molecular weight is 334 g/mol. The largest absolute Gasteiger partial charge is 0.388 e. The Hall–Kier alpha value is -2.26. The number of carbonyl (C=O) groups is 1. The zero-order valence-electron chi connectivity index (χ0n) is 13.9. The second-order valence-corrected chi connectivity index (χ2v) is 6.35. The number of imidazole rings is 1. The first kappa shape index (κ1) is 16.6. The number of rotatable bonds is 3. The SMILES string of the molecule is CC(=O)N[C@@H]1CC[C@@H](n2cnc3c(N(C)C)ncnc32)[C@H](O)[C@H]1O. The van der Waals surface area contributed by atoms with E-state index in [1.54, 1.807) is 10.9 Å². The molecule has 2 aromatic rings. The molecule has 3 rings (SSSR count). The van der Waals surface area contributed by atoms with Crippen LogP contribution in [0.3, 0.4) is 0 Å². The van der Waals surface area contributed by atoms with Crippen molar-refractivity contribution in [3.8, 4) is 0 Å². The molecule has 0 saturated heterocycles. The molecule has 0 aliphatic heterocycles. The first-order valence-electron chi connectivity index (χ1n) is 7.88. The van der Waals surface area contributed by atoms with Crippen LogP contribution in [0.1, 0.15) is 25.8 Å². The number of aromatic nitrogens is 4. The molecule has 130 valence electrons. The summed E-state index contributed by atoms with van der Waals surface area (Å²) in [6.07, 6.45) is 2.17. The smallest absolute Gasteiger partial charge is 0.217 e. The normalized spacial score (nSPS) is 27.2. The quantitative estimate of drug-likeness (QED) is 0.690. The highest BCUT2D eigenvalue weighted by Gasteiger charge is 2.39. The van der Waals surface area contributed by atoms with Gasteiger partial charge in [0.15, 0.2) is 17.0 Å². The van der Waals surface area contributed by atoms with E-state index < -0.39 is 18.2 Å². The van der Waals surface area contributed by atoms with Crippen LogP contribution in [0, 0.1) is 0 Å². The Balaban J connectivity index is 1.91. The highest BCUT2D eigenvalue weighted by molar-refractivity contribution is 5.83. The predicted molar refractivity (Wildman–Crippen MR) is 87.5 cm³/mol. The lowest BCUT2D eigenvalue weighted by molar-refractivity contribution is -0.123. The molecule has 9 heteroatoms. The molecule has 0 aromatic carbocycles. The summed E-state index contributed by atoms with van der Waals surface area (Å²) in [7, 11) is 3.75. The first-order valence-corrected chi connectivity index (χ1v) is 7.88. The molecule has 1 aliphatic carbocycles. The minimum Gasteiger partial charge on any atom is -0.388 e. The van der Waals surface area contributed by atoms with Gasteiger partial charge in [-0.15, -0.1) is 0 Å². The molecule has 0 unspecified atom stereocenters. The van der Waals surface area contributed by atoms with Crippen LogP contribution in [0.15, 0.2) is 12.7 Å². The van der Waals surface area contributed by atoms with Crippen molar-refractivity contribution >= 4 is 22.9 Å². The summed E-state index contributed by atoms with van der Waals surface area (Å²) in [6.45, 7) is 1.40. The van der Waals surface area contributed by atoms with Crippen LogP contribution in [-0.4, -0.2) is 68.0 Å². The second-order valence-electron chi connectivity index (χ2n) is 6.35.